The second-order valence-corrected chi connectivity index (χ2v) is 4.40. The molecule has 1 unspecified atom stereocenters. The summed E-state index contributed by atoms with van der Waals surface area (Å²) in [5, 5.41) is 0. The van der Waals surface area contributed by atoms with Crippen LogP contribution in [0, 0.1) is 5.41 Å². The van der Waals surface area contributed by atoms with Gasteiger partial charge in [-0.15, -0.1) is 0 Å². The minimum atomic E-state index is -1.23. The van der Waals surface area contributed by atoms with Gasteiger partial charge in [0.15, 0.2) is 0 Å². The van der Waals surface area contributed by atoms with E-state index in [0.29, 0.717) is 0 Å². The van der Waals surface area contributed by atoms with Crippen molar-refractivity contribution in [2.75, 3.05) is 0 Å². The molecule has 1 atom stereocenters. The van der Waals surface area contributed by atoms with Gasteiger partial charge in [0, 0.05) is 0 Å². The molecule has 16 heavy (non-hydrogen) atoms. The molecule has 3 heteroatoms. The maximum atomic E-state index is 13.2. The number of hydrogen-bond acceptors (Lipinski definition) is 2. The highest BCUT2D eigenvalue weighted by molar-refractivity contribution is 5.76. The number of hydrogen-bond donors (Lipinski definition) is 0. The highest BCUT2D eigenvalue weighted by Gasteiger charge is 2.35. The Bertz CT molecular complexity index is 344. The van der Waals surface area contributed by atoms with E-state index in [4.69, 9.17) is 4.74 Å². The predicted octanol–water partition coefficient (Wildman–Crippen LogP) is 3.11. The van der Waals surface area contributed by atoms with Crippen LogP contribution in [0.3, 0.4) is 0 Å². The maximum absolute atomic E-state index is 13.2. The van der Waals surface area contributed by atoms with Gasteiger partial charge in [-0.2, -0.15) is 0 Å². The van der Waals surface area contributed by atoms with Crippen molar-refractivity contribution in [1.29, 1.82) is 0 Å². The Labute approximate surface area is 95.4 Å². The molecule has 0 amide bonds. The number of carbonyl (C=O) groups excluding carboxylic acids is 1. The van der Waals surface area contributed by atoms with Crippen LogP contribution in [0.25, 0.3) is 0 Å². The number of rotatable bonds is 4. The fourth-order valence-corrected chi connectivity index (χ4v) is 1.07. The van der Waals surface area contributed by atoms with E-state index in [2.05, 4.69) is 0 Å². The second-order valence-electron chi connectivity index (χ2n) is 4.40. The summed E-state index contributed by atoms with van der Waals surface area (Å²) < 4.78 is 18.2. The highest BCUT2D eigenvalue weighted by atomic mass is 19.1. The van der Waals surface area contributed by atoms with Crippen LogP contribution in [0.4, 0.5) is 4.39 Å². The van der Waals surface area contributed by atoms with Gasteiger partial charge >= 0.3 is 5.97 Å². The molecule has 0 N–H and O–H groups in total. The summed E-state index contributed by atoms with van der Waals surface area (Å²) in [5.74, 6) is -0.508. The van der Waals surface area contributed by atoms with Crippen LogP contribution in [0.15, 0.2) is 30.3 Å². The molecule has 1 rings (SSSR count). The summed E-state index contributed by atoms with van der Waals surface area (Å²) in [6.45, 7) is 4.65. The SMILES string of the molecule is CC(F)C(C)(C)C(=O)OCc1ccccc1. The minimum absolute atomic E-state index is 0.190. The summed E-state index contributed by atoms with van der Waals surface area (Å²) in [5.41, 5.74) is -0.187. The fourth-order valence-electron chi connectivity index (χ4n) is 1.07. The van der Waals surface area contributed by atoms with Crippen molar-refractivity contribution in [3.05, 3.63) is 35.9 Å². The van der Waals surface area contributed by atoms with E-state index in [1.807, 2.05) is 30.3 Å². The summed E-state index contributed by atoms with van der Waals surface area (Å²) in [7, 11) is 0. The summed E-state index contributed by atoms with van der Waals surface area (Å²) >= 11 is 0. The van der Waals surface area contributed by atoms with Crippen molar-refractivity contribution in [2.45, 2.75) is 33.5 Å². The van der Waals surface area contributed by atoms with Crippen molar-refractivity contribution in [2.24, 2.45) is 5.41 Å². The Morgan fingerprint density at radius 3 is 2.44 bits per heavy atom. The Balaban J connectivity index is 2.54. The van der Waals surface area contributed by atoms with Gasteiger partial charge in [-0.05, 0) is 26.3 Å². The fraction of sp³-hybridized carbons (Fsp3) is 0.462. The third-order valence-electron chi connectivity index (χ3n) is 2.73. The zero-order chi connectivity index (χ0) is 12.2. The van der Waals surface area contributed by atoms with E-state index in [-0.39, 0.29) is 6.61 Å². The van der Waals surface area contributed by atoms with Crippen molar-refractivity contribution < 1.29 is 13.9 Å². The van der Waals surface area contributed by atoms with E-state index in [1.165, 1.54) is 6.92 Å². The normalized spacial score (nSPS) is 13.2. The van der Waals surface area contributed by atoms with E-state index in [0.717, 1.165) is 5.56 Å². The number of alkyl halides is 1. The van der Waals surface area contributed by atoms with Gasteiger partial charge in [-0.1, -0.05) is 30.3 Å². The first-order valence-electron chi connectivity index (χ1n) is 5.30. The van der Waals surface area contributed by atoms with Crippen LogP contribution in [0.1, 0.15) is 26.3 Å². The van der Waals surface area contributed by atoms with E-state index in [1.54, 1.807) is 13.8 Å². The lowest BCUT2D eigenvalue weighted by Gasteiger charge is -2.23. The molecule has 0 radical (unpaired) electrons. The van der Waals surface area contributed by atoms with Crippen molar-refractivity contribution in [3.63, 3.8) is 0 Å². The average Bonchev–Trinajstić information content (AvgIpc) is 2.27. The lowest BCUT2D eigenvalue weighted by molar-refractivity contribution is -0.158. The summed E-state index contributed by atoms with van der Waals surface area (Å²) in [6, 6.07) is 9.34. The van der Waals surface area contributed by atoms with Crippen LogP contribution < -0.4 is 0 Å². The standard InChI is InChI=1S/C13H17FO2/c1-10(14)13(2,3)12(15)16-9-11-7-5-4-6-8-11/h4-8,10H,9H2,1-3H3. The molecule has 0 saturated heterocycles. The lowest BCUT2D eigenvalue weighted by atomic mass is 9.89. The van der Waals surface area contributed by atoms with Crippen molar-refractivity contribution in [3.8, 4) is 0 Å². The van der Waals surface area contributed by atoms with E-state index >= 15 is 0 Å². The van der Waals surface area contributed by atoms with Gasteiger partial charge in [0.25, 0.3) is 0 Å². The Morgan fingerprint density at radius 2 is 1.94 bits per heavy atom. The predicted molar refractivity (Wildman–Crippen MR) is 60.6 cm³/mol. The third-order valence-corrected chi connectivity index (χ3v) is 2.73. The number of esters is 1. The van der Waals surface area contributed by atoms with Gasteiger partial charge in [0.2, 0.25) is 0 Å². The molecule has 1 aromatic carbocycles. The monoisotopic (exact) mass is 224 g/mol. The molecule has 0 bridgehead atoms. The Morgan fingerprint density at radius 1 is 1.38 bits per heavy atom. The molecular weight excluding hydrogens is 207 g/mol. The first-order chi connectivity index (χ1) is 7.44. The van der Waals surface area contributed by atoms with Gasteiger partial charge in [0.05, 0.1) is 5.41 Å². The summed E-state index contributed by atoms with van der Waals surface area (Å²) in [6.07, 6.45) is -1.23. The van der Waals surface area contributed by atoms with E-state index in [9.17, 15) is 9.18 Å². The first-order valence-corrected chi connectivity index (χ1v) is 5.30. The van der Waals surface area contributed by atoms with Crippen molar-refractivity contribution >= 4 is 5.97 Å². The highest BCUT2D eigenvalue weighted by Crippen LogP contribution is 2.25. The molecule has 1 aromatic rings. The molecule has 88 valence electrons. The molecule has 0 aliphatic heterocycles. The Kier molecular flexibility index (Phi) is 4.05. The summed E-state index contributed by atoms with van der Waals surface area (Å²) in [4.78, 5) is 11.6. The largest absolute Gasteiger partial charge is 0.460 e. The molecule has 0 heterocycles. The van der Waals surface area contributed by atoms with Crippen LogP contribution in [0.2, 0.25) is 0 Å². The molecule has 0 fully saturated rings. The van der Waals surface area contributed by atoms with Crippen LogP contribution in [-0.4, -0.2) is 12.1 Å². The van der Waals surface area contributed by atoms with Gasteiger partial charge < -0.3 is 4.74 Å². The second kappa shape index (κ2) is 5.10. The van der Waals surface area contributed by atoms with Crippen LogP contribution in [-0.2, 0) is 16.1 Å². The molecule has 0 aromatic heterocycles. The first kappa shape index (κ1) is 12.7. The average molecular weight is 224 g/mol. The maximum Gasteiger partial charge on any atom is 0.314 e. The van der Waals surface area contributed by atoms with Crippen LogP contribution >= 0.6 is 0 Å². The molecular formula is C13H17FO2. The smallest absolute Gasteiger partial charge is 0.314 e. The third kappa shape index (κ3) is 3.05. The van der Waals surface area contributed by atoms with Gasteiger partial charge in [0.1, 0.15) is 12.8 Å². The van der Waals surface area contributed by atoms with Gasteiger partial charge in [-0.3, -0.25) is 4.79 Å². The van der Waals surface area contributed by atoms with E-state index < -0.39 is 17.6 Å². The van der Waals surface area contributed by atoms with Crippen LogP contribution in [0.5, 0.6) is 0 Å². The number of benzene rings is 1. The number of carbonyl (C=O) groups is 1. The van der Waals surface area contributed by atoms with Gasteiger partial charge in [-0.25, -0.2) is 4.39 Å². The lowest BCUT2D eigenvalue weighted by Crippen LogP contribution is -2.34. The zero-order valence-corrected chi connectivity index (χ0v) is 9.87. The quantitative estimate of drug-likeness (QED) is 0.734. The Hall–Kier alpha value is -1.38. The molecule has 0 saturated carbocycles. The minimum Gasteiger partial charge on any atom is -0.460 e. The zero-order valence-electron chi connectivity index (χ0n) is 9.87. The molecule has 0 spiro atoms. The molecule has 0 aliphatic carbocycles. The van der Waals surface area contributed by atoms with Crippen molar-refractivity contribution in [1.82, 2.24) is 0 Å². The number of halogens is 1. The molecule has 2 nitrogen and oxygen atoms in total. The number of ether oxygens (including phenoxy) is 1. The molecule has 0 aliphatic rings. The topological polar surface area (TPSA) is 26.3 Å².